The average molecular weight is 400 g/mol. The maximum atomic E-state index is 6.17. The Hall–Kier alpha value is -3.10. The summed E-state index contributed by atoms with van der Waals surface area (Å²) in [5.74, 6) is 0.812. The molecule has 0 bridgehead atoms. The van der Waals surface area contributed by atoms with Gasteiger partial charge in [-0.05, 0) is 60.0 Å². The lowest BCUT2D eigenvalue weighted by atomic mass is 10.0. The summed E-state index contributed by atoms with van der Waals surface area (Å²) in [6.45, 7) is 4.65. The van der Waals surface area contributed by atoms with Gasteiger partial charge in [-0.3, -0.25) is 4.99 Å². The number of aryl methyl sites for hydroxylation is 2. The Balaban J connectivity index is 1.70. The highest BCUT2D eigenvalue weighted by atomic mass is 35.5. The van der Waals surface area contributed by atoms with Crippen LogP contribution in [0.25, 0.3) is 10.8 Å². The minimum absolute atomic E-state index is 0.472. The van der Waals surface area contributed by atoms with E-state index in [2.05, 4.69) is 50.2 Å². The molecule has 144 valence electrons. The Bertz CT molecular complexity index is 1180. The van der Waals surface area contributed by atoms with Gasteiger partial charge in [-0.25, -0.2) is 0 Å². The van der Waals surface area contributed by atoms with Crippen molar-refractivity contribution in [1.82, 2.24) is 0 Å². The zero-order chi connectivity index (χ0) is 20.2. The van der Waals surface area contributed by atoms with Crippen LogP contribution in [0.2, 0.25) is 5.02 Å². The molecule has 0 N–H and O–H groups in total. The third kappa shape index (κ3) is 4.49. The number of benzene rings is 4. The first kappa shape index (κ1) is 19.2. The zero-order valence-electron chi connectivity index (χ0n) is 16.5. The van der Waals surface area contributed by atoms with Crippen molar-refractivity contribution in [1.29, 1.82) is 0 Å². The van der Waals surface area contributed by atoms with E-state index < -0.39 is 0 Å². The first-order valence-electron chi connectivity index (χ1n) is 9.60. The van der Waals surface area contributed by atoms with Crippen molar-refractivity contribution in [3.8, 4) is 5.75 Å². The smallest absolute Gasteiger partial charge is 0.129 e. The van der Waals surface area contributed by atoms with E-state index in [1.807, 2.05) is 48.7 Å². The highest BCUT2D eigenvalue weighted by Crippen LogP contribution is 2.29. The number of hydrogen-bond acceptors (Lipinski definition) is 2. The molecule has 4 rings (SSSR count). The number of hydrogen-bond donors (Lipinski definition) is 0. The van der Waals surface area contributed by atoms with E-state index >= 15 is 0 Å². The summed E-state index contributed by atoms with van der Waals surface area (Å²) in [6, 6.07) is 26.4. The monoisotopic (exact) mass is 399 g/mol. The molecule has 29 heavy (non-hydrogen) atoms. The minimum Gasteiger partial charge on any atom is -0.488 e. The summed E-state index contributed by atoms with van der Waals surface area (Å²) in [5, 5.41) is 3.00. The fourth-order valence-electron chi connectivity index (χ4n) is 3.36. The molecule has 0 fully saturated rings. The Morgan fingerprint density at radius 3 is 2.48 bits per heavy atom. The fraction of sp³-hybridized carbons (Fsp3) is 0.115. The van der Waals surface area contributed by atoms with Gasteiger partial charge in [0.15, 0.2) is 0 Å². The normalized spacial score (nSPS) is 11.3. The van der Waals surface area contributed by atoms with Crippen LogP contribution in [-0.4, -0.2) is 6.21 Å². The van der Waals surface area contributed by atoms with E-state index in [1.54, 1.807) is 0 Å². The Kier molecular flexibility index (Phi) is 5.64. The Labute approximate surface area is 176 Å². The molecule has 0 aliphatic rings. The second-order valence-corrected chi connectivity index (χ2v) is 7.60. The van der Waals surface area contributed by atoms with Gasteiger partial charge in [0.1, 0.15) is 12.4 Å². The summed E-state index contributed by atoms with van der Waals surface area (Å²) < 4.78 is 6.17. The maximum absolute atomic E-state index is 6.17. The van der Waals surface area contributed by atoms with Crippen LogP contribution in [0.5, 0.6) is 5.75 Å². The van der Waals surface area contributed by atoms with E-state index in [1.165, 1.54) is 5.56 Å². The molecule has 0 saturated heterocycles. The van der Waals surface area contributed by atoms with Crippen molar-refractivity contribution < 1.29 is 4.74 Å². The molecule has 0 amide bonds. The van der Waals surface area contributed by atoms with E-state index in [4.69, 9.17) is 21.3 Å². The van der Waals surface area contributed by atoms with Gasteiger partial charge in [-0.15, -0.1) is 0 Å². The van der Waals surface area contributed by atoms with Crippen LogP contribution in [0.1, 0.15) is 22.3 Å². The SMILES string of the molecule is Cc1ccc(N=Cc2c(OCc3ccc(Cl)cc3)ccc3ccccc23)c(C)c1. The summed E-state index contributed by atoms with van der Waals surface area (Å²) in [4.78, 5) is 4.77. The first-order chi connectivity index (χ1) is 14.1. The van der Waals surface area contributed by atoms with Gasteiger partial charge in [-0.2, -0.15) is 0 Å². The van der Waals surface area contributed by atoms with Crippen molar-refractivity contribution >= 4 is 34.3 Å². The van der Waals surface area contributed by atoms with Gasteiger partial charge in [-0.1, -0.05) is 71.8 Å². The molecule has 0 aromatic heterocycles. The predicted octanol–water partition coefficient (Wildman–Crippen LogP) is 7.44. The van der Waals surface area contributed by atoms with Crippen molar-refractivity contribution in [2.24, 2.45) is 4.99 Å². The second kappa shape index (κ2) is 8.50. The molecule has 4 aromatic carbocycles. The lowest BCUT2D eigenvalue weighted by Gasteiger charge is -2.12. The lowest BCUT2D eigenvalue weighted by molar-refractivity contribution is 0.306. The number of ether oxygens (including phenoxy) is 1. The van der Waals surface area contributed by atoms with Crippen LogP contribution in [-0.2, 0) is 6.61 Å². The maximum Gasteiger partial charge on any atom is 0.129 e. The molecule has 3 heteroatoms. The van der Waals surface area contributed by atoms with Gasteiger partial charge in [0.05, 0.1) is 5.69 Å². The van der Waals surface area contributed by atoms with Crippen LogP contribution in [0.3, 0.4) is 0 Å². The van der Waals surface area contributed by atoms with Crippen LogP contribution >= 0.6 is 11.6 Å². The minimum atomic E-state index is 0.472. The number of fused-ring (bicyclic) bond motifs is 1. The van der Waals surface area contributed by atoms with Crippen molar-refractivity contribution in [2.45, 2.75) is 20.5 Å². The molecular formula is C26H22ClNO. The molecule has 0 aliphatic heterocycles. The average Bonchev–Trinajstić information content (AvgIpc) is 2.73. The molecule has 0 radical (unpaired) electrons. The molecule has 0 atom stereocenters. The predicted molar refractivity (Wildman–Crippen MR) is 123 cm³/mol. The third-order valence-electron chi connectivity index (χ3n) is 4.92. The molecule has 2 nitrogen and oxygen atoms in total. The van der Waals surface area contributed by atoms with E-state index in [0.717, 1.165) is 43.9 Å². The lowest BCUT2D eigenvalue weighted by Crippen LogP contribution is -1.99. The van der Waals surface area contributed by atoms with Crippen LogP contribution in [0, 0.1) is 13.8 Å². The number of nitrogens with zero attached hydrogens (tertiary/aromatic N) is 1. The van der Waals surface area contributed by atoms with E-state index in [9.17, 15) is 0 Å². The highest BCUT2D eigenvalue weighted by molar-refractivity contribution is 6.30. The molecular weight excluding hydrogens is 378 g/mol. The highest BCUT2D eigenvalue weighted by Gasteiger charge is 2.08. The topological polar surface area (TPSA) is 21.6 Å². The van der Waals surface area contributed by atoms with E-state index in [-0.39, 0.29) is 0 Å². The molecule has 0 heterocycles. The van der Waals surface area contributed by atoms with Gasteiger partial charge >= 0.3 is 0 Å². The largest absolute Gasteiger partial charge is 0.488 e. The summed E-state index contributed by atoms with van der Waals surface area (Å²) in [7, 11) is 0. The third-order valence-corrected chi connectivity index (χ3v) is 5.18. The summed E-state index contributed by atoms with van der Waals surface area (Å²) in [6.07, 6.45) is 1.91. The molecule has 0 aliphatic carbocycles. The first-order valence-corrected chi connectivity index (χ1v) is 9.98. The molecule has 0 saturated carbocycles. The number of aliphatic imine (C=N–C) groups is 1. The molecule has 0 spiro atoms. The zero-order valence-corrected chi connectivity index (χ0v) is 17.3. The van der Waals surface area contributed by atoms with Crippen molar-refractivity contribution in [3.05, 3.63) is 106 Å². The van der Waals surface area contributed by atoms with Gasteiger partial charge in [0, 0.05) is 16.8 Å². The molecule has 4 aromatic rings. The summed E-state index contributed by atoms with van der Waals surface area (Å²) >= 11 is 5.98. The Morgan fingerprint density at radius 2 is 1.69 bits per heavy atom. The van der Waals surface area contributed by atoms with Crippen LogP contribution in [0.15, 0.2) is 83.9 Å². The standard InChI is InChI=1S/C26H22ClNO/c1-18-7-13-25(19(2)15-18)28-16-24-23-6-4-3-5-21(23)10-14-26(24)29-17-20-8-11-22(27)12-9-20/h3-16H,17H2,1-2H3. The van der Waals surface area contributed by atoms with E-state index in [0.29, 0.717) is 6.61 Å². The van der Waals surface area contributed by atoms with Crippen molar-refractivity contribution in [2.75, 3.05) is 0 Å². The molecule has 0 unspecified atom stereocenters. The second-order valence-electron chi connectivity index (χ2n) is 7.16. The quantitative estimate of drug-likeness (QED) is 0.319. The van der Waals surface area contributed by atoms with Crippen molar-refractivity contribution in [3.63, 3.8) is 0 Å². The van der Waals surface area contributed by atoms with Gasteiger partial charge in [0.25, 0.3) is 0 Å². The van der Waals surface area contributed by atoms with Gasteiger partial charge in [0.2, 0.25) is 0 Å². The number of rotatable bonds is 5. The number of halogens is 1. The Morgan fingerprint density at radius 1 is 0.897 bits per heavy atom. The van der Waals surface area contributed by atoms with Gasteiger partial charge < -0.3 is 4.74 Å². The fourth-order valence-corrected chi connectivity index (χ4v) is 3.49. The van der Waals surface area contributed by atoms with Crippen LogP contribution in [0.4, 0.5) is 5.69 Å². The summed E-state index contributed by atoms with van der Waals surface area (Å²) in [5.41, 5.74) is 5.41. The van der Waals surface area contributed by atoms with Crippen LogP contribution < -0.4 is 4.74 Å².